The Balaban J connectivity index is 2.91. The molecule has 1 rings (SSSR count). The summed E-state index contributed by atoms with van der Waals surface area (Å²) in [7, 11) is -2.38. The molecular formula is C12H18FN3O3S. The Kier molecular flexibility index (Phi) is 4.72. The molecule has 0 radical (unpaired) electrons. The lowest BCUT2D eigenvalue weighted by molar-refractivity contribution is -0.128. The van der Waals surface area contributed by atoms with Gasteiger partial charge in [-0.25, -0.2) is 17.5 Å². The molecule has 0 aliphatic carbocycles. The van der Waals surface area contributed by atoms with Gasteiger partial charge in [0.05, 0.1) is 16.0 Å². The molecular weight excluding hydrogens is 285 g/mol. The molecule has 6 nitrogen and oxygen atoms in total. The molecule has 8 heteroatoms. The quantitative estimate of drug-likeness (QED) is 0.688. The van der Waals surface area contributed by atoms with Crippen molar-refractivity contribution in [1.82, 2.24) is 10.0 Å². The largest absolute Gasteiger partial charge is 0.396 e. The number of anilines is 1. The molecule has 1 aromatic rings. The van der Waals surface area contributed by atoms with Crippen LogP contribution < -0.4 is 15.8 Å². The zero-order chi connectivity index (χ0) is 15.6. The van der Waals surface area contributed by atoms with E-state index < -0.39 is 21.3 Å². The Hall–Kier alpha value is -1.67. The Morgan fingerprint density at radius 2 is 2.00 bits per heavy atom. The minimum atomic E-state index is -3.85. The molecule has 0 atom stereocenters. The standard InChI is InChI=1S/C12H18FN3O3S/c1-12(2,11(17)15-3)7-16-20(18,19)8-4-5-9(13)10(14)6-8/h4-6,16H,7,14H2,1-3H3,(H,15,17). The average molecular weight is 303 g/mol. The smallest absolute Gasteiger partial charge is 0.240 e. The van der Waals surface area contributed by atoms with Crippen LogP contribution in [-0.4, -0.2) is 27.9 Å². The molecule has 0 saturated heterocycles. The predicted octanol–water partition coefficient (Wildman–Crippen LogP) is 0.458. The van der Waals surface area contributed by atoms with Gasteiger partial charge in [-0.1, -0.05) is 0 Å². The number of hydrogen-bond donors (Lipinski definition) is 3. The second kappa shape index (κ2) is 5.76. The zero-order valence-corrected chi connectivity index (χ0v) is 12.3. The SMILES string of the molecule is CNC(=O)C(C)(C)CNS(=O)(=O)c1ccc(F)c(N)c1. The van der Waals surface area contributed by atoms with E-state index in [1.807, 2.05) is 0 Å². The van der Waals surface area contributed by atoms with Gasteiger partial charge >= 0.3 is 0 Å². The number of carbonyl (C=O) groups is 1. The van der Waals surface area contributed by atoms with Crippen molar-refractivity contribution in [2.75, 3.05) is 19.3 Å². The second-order valence-electron chi connectivity index (χ2n) is 4.97. The lowest BCUT2D eigenvalue weighted by atomic mass is 9.93. The summed E-state index contributed by atoms with van der Waals surface area (Å²) in [5, 5.41) is 2.45. The normalized spacial score (nSPS) is 12.2. The summed E-state index contributed by atoms with van der Waals surface area (Å²) >= 11 is 0. The summed E-state index contributed by atoms with van der Waals surface area (Å²) in [6.45, 7) is 3.12. The molecule has 0 unspecified atom stereocenters. The highest BCUT2D eigenvalue weighted by Gasteiger charge is 2.29. The third kappa shape index (κ3) is 3.67. The van der Waals surface area contributed by atoms with Gasteiger partial charge in [-0.2, -0.15) is 0 Å². The van der Waals surface area contributed by atoms with Gasteiger partial charge in [-0.3, -0.25) is 4.79 Å². The molecule has 1 amide bonds. The van der Waals surface area contributed by atoms with E-state index in [0.29, 0.717) is 0 Å². The van der Waals surface area contributed by atoms with Crippen LogP contribution in [-0.2, 0) is 14.8 Å². The molecule has 4 N–H and O–H groups in total. The predicted molar refractivity (Wildman–Crippen MR) is 73.8 cm³/mol. The zero-order valence-electron chi connectivity index (χ0n) is 11.5. The number of halogens is 1. The summed E-state index contributed by atoms with van der Waals surface area (Å²) in [6, 6.07) is 3.12. The highest BCUT2D eigenvalue weighted by atomic mass is 32.2. The first kappa shape index (κ1) is 16.4. The average Bonchev–Trinajstić information content (AvgIpc) is 2.38. The number of amides is 1. The van der Waals surface area contributed by atoms with Crippen molar-refractivity contribution < 1.29 is 17.6 Å². The van der Waals surface area contributed by atoms with E-state index in [0.717, 1.165) is 18.2 Å². The number of nitrogens with two attached hydrogens (primary N) is 1. The number of hydrogen-bond acceptors (Lipinski definition) is 4. The first-order chi connectivity index (χ1) is 9.10. The topological polar surface area (TPSA) is 101 Å². The van der Waals surface area contributed by atoms with Crippen molar-refractivity contribution in [2.45, 2.75) is 18.7 Å². The molecule has 0 bridgehead atoms. The van der Waals surface area contributed by atoms with Crippen LogP contribution in [0.25, 0.3) is 0 Å². The van der Waals surface area contributed by atoms with Crippen molar-refractivity contribution in [2.24, 2.45) is 5.41 Å². The van der Waals surface area contributed by atoms with Crippen molar-refractivity contribution in [3.8, 4) is 0 Å². The molecule has 0 fully saturated rings. The number of carbonyl (C=O) groups excluding carboxylic acids is 1. The van der Waals surface area contributed by atoms with Gasteiger partial charge in [0.15, 0.2) is 0 Å². The molecule has 0 aliphatic heterocycles. The summed E-state index contributed by atoms with van der Waals surface area (Å²) in [4.78, 5) is 11.4. The van der Waals surface area contributed by atoms with Crippen molar-refractivity contribution in [3.05, 3.63) is 24.0 Å². The highest BCUT2D eigenvalue weighted by molar-refractivity contribution is 7.89. The summed E-state index contributed by atoms with van der Waals surface area (Å²) in [6.07, 6.45) is 0. The molecule has 0 aliphatic rings. The van der Waals surface area contributed by atoms with Crippen molar-refractivity contribution in [1.29, 1.82) is 0 Å². The van der Waals surface area contributed by atoms with Crippen LogP contribution in [0.4, 0.5) is 10.1 Å². The third-order valence-electron chi connectivity index (χ3n) is 2.82. The molecule has 0 heterocycles. The molecule has 0 aromatic heterocycles. The molecule has 112 valence electrons. The second-order valence-corrected chi connectivity index (χ2v) is 6.74. The van der Waals surface area contributed by atoms with E-state index in [9.17, 15) is 17.6 Å². The first-order valence-corrected chi connectivity index (χ1v) is 7.35. The lowest BCUT2D eigenvalue weighted by Gasteiger charge is -2.22. The molecule has 0 spiro atoms. The number of benzene rings is 1. The fourth-order valence-electron chi connectivity index (χ4n) is 1.47. The van der Waals surface area contributed by atoms with Crippen molar-refractivity contribution in [3.63, 3.8) is 0 Å². The third-order valence-corrected chi connectivity index (χ3v) is 4.22. The molecule has 20 heavy (non-hydrogen) atoms. The van der Waals surface area contributed by atoms with Crippen LogP contribution >= 0.6 is 0 Å². The van der Waals surface area contributed by atoms with Gasteiger partial charge in [-0.05, 0) is 32.0 Å². The number of nitrogen functional groups attached to an aromatic ring is 1. The van der Waals surface area contributed by atoms with E-state index in [1.54, 1.807) is 13.8 Å². The molecule has 0 saturated carbocycles. The van der Waals surface area contributed by atoms with E-state index in [-0.39, 0.29) is 23.0 Å². The van der Waals surface area contributed by atoms with E-state index in [2.05, 4.69) is 10.0 Å². The highest BCUT2D eigenvalue weighted by Crippen LogP contribution is 2.18. The lowest BCUT2D eigenvalue weighted by Crippen LogP contribution is -2.43. The first-order valence-electron chi connectivity index (χ1n) is 5.87. The van der Waals surface area contributed by atoms with Crippen LogP contribution in [0.5, 0.6) is 0 Å². The van der Waals surface area contributed by atoms with Gasteiger partial charge in [0.25, 0.3) is 0 Å². The minimum Gasteiger partial charge on any atom is -0.396 e. The van der Waals surface area contributed by atoms with Crippen molar-refractivity contribution >= 4 is 21.6 Å². The fraction of sp³-hybridized carbons (Fsp3) is 0.417. The van der Waals surface area contributed by atoms with E-state index in [1.165, 1.54) is 7.05 Å². The molecule has 1 aromatic carbocycles. The van der Waals surface area contributed by atoms with Gasteiger partial charge in [0.2, 0.25) is 15.9 Å². The number of nitrogens with one attached hydrogen (secondary N) is 2. The van der Waals surface area contributed by atoms with Crippen LogP contribution in [0.2, 0.25) is 0 Å². The monoisotopic (exact) mass is 303 g/mol. The summed E-state index contributed by atoms with van der Waals surface area (Å²) in [5.74, 6) is -0.978. The fourth-order valence-corrected chi connectivity index (χ4v) is 2.71. The Labute approximate surface area is 117 Å². The van der Waals surface area contributed by atoms with Gasteiger partial charge in [0.1, 0.15) is 5.82 Å². The van der Waals surface area contributed by atoms with E-state index >= 15 is 0 Å². The minimum absolute atomic E-state index is 0.0910. The maximum atomic E-state index is 13.0. The number of rotatable bonds is 5. The maximum Gasteiger partial charge on any atom is 0.240 e. The Morgan fingerprint density at radius 3 is 2.50 bits per heavy atom. The Morgan fingerprint density at radius 1 is 1.40 bits per heavy atom. The summed E-state index contributed by atoms with van der Waals surface area (Å²) < 4.78 is 39.4. The van der Waals surface area contributed by atoms with Gasteiger partial charge in [0, 0.05) is 13.6 Å². The van der Waals surface area contributed by atoms with Crippen LogP contribution in [0.1, 0.15) is 13.8 Å². The van der Waals surface area contributed by atoms with Crippen LogP contribution in [0.3, 0.4) is 0 Å². The van der Waals surface area contributed by atoms with Crippen LogP contribution in [0.15, 0.2) is 23.1 Å². The number of sulfonamides is 1. The van der Waals surface area contributed by atoms with Gasteiger partial charge < -0.3 is 11.1 Å². The maximum absolute atomic E-state index is 13.0. The van der Waals surface area contributed by atoms with E-state index in [4.69, 9.17) is 5.73 Å². The Bertz CT molecular complexity index is 614. The van der Waals surface area contributed by atoms with Gasteiger partial charge in [-0.15, -0.1) is 0 Å². The van der Waals surface area contributed by atoms with Crippen LogP contribution in [0, 0.1) is 11.2 Å². The summed E-state index contributed by atoms with van der Waals surface area (Å²) in [5.41, 5.74) is 4.18.